The maximum Gasteiger partial charge on any atom is 0.176 e. The molecule has 0 unspecified atom stereocenters. The predicted octanol–water partition coefficient (Wildman–Crippen LogP) is 1.33. The predicted molar refractivity (Wildman–Crippen MR) is 74.9 cm³/mol. The van der Waals surface area contributed by atoms with Crippen LogP contribution in [0, 0.1) is 0 Å². The second-order valence-corrected chi connectivity index (χ2v) is 4.38. The molecule has 0 fully saturated rings. The van der Waals surface area contributed by atoms with Gasteiger partial charge in [0, 0.05) is 30.2 Å². The maximum atomic E-state index is 11.9. The lowest BCUT2D eigenvalue weighted by atomic mass is 10.1. The first kappa shape index (κ1) is 13.3. The van der Waals surface area contributed by atoms with Crippen LogP contribution in [0.4, 0.5) is 5.69 Å². The first-order chi connectivity index (χ1) is 9.25. The van der Waals surface area contributed by atoms with Crippen molar-refractivity contribution in [2.24, 2.45) is 0 Å². The second kappa shape index (κ2) is 6.70. The van der Waals surface area contributed by atoms with Crippen LogP contribution in [0.3, 0.4) is 0 Å². The number of benzene rings is 1. The molecule has 0 radical (unpaired) electrons. The SMILES string of the molecule is Nc1cccc(C(=O)CNCCCn2ccnc2)c1. The fraction of sp³-hybridized carbons (Fsp3) is 0.286. The van der Waals surface area contributed by atoms with Gasteiger partial charge in [-0.3, -0.25) is 4.79 Å². The number of nitrogens with zero attached hydrogens (tertiary/aromatic N) is 2. The van der Waals surface area contributed by atoms with E-state index < -0.39 is 0 Å². The standard InChI is InChI=1S/C14H18N4O/c15-13-4-1-3-12(9-13)14(19)10-16-5-2-7-18-8-6-17-11-18/h1,3-4,6,8-9,11,16H,2,5,7,10,15H2. The van der Waals surface area contributed by atoms with Crippen molar-refractivity contribution >= 4 is 11.5 Å². The van der Waals surface area contributed by atoms with Crippen LogP contribution in [0.1, 0.15) is 16.8 Å². The van der Waals surface area contributed by atoms with Crippen LogP contribution in [-0.4, -0.2) is 28.4 Å². The number of nitrogens with two attached hydrogens (primary N) is 1. The minimum atomic E-state index is 0.0648. The Kier molecular flexibility index (Phi) is 4.69. The van der Waals surface area contributed by atoms with Gasteiger partial charge in [-0.05, 0) is 25.1 Å². The lowest BCUT2D eigenvalue weighted by molar-refractivity contribution is 0.0991. The minimum Gasteiger partial charge on any atom is -0.399 e. The topological polar surface area (TPSA) is 72.9 Å². The Morgan fingerprint density at radius 3 is 3.05 bits per heavy atom. The van der Waals surface area contributed by atoms with E-state index in [0.29, 0.717) is 17.8 Å². The average molecular weight is 258 g/mol. The summed E-state index contributed by atoms with van der Waals surface area (Å²) in [7, 11) is 0. The summed E-state index contributed by atoms with van der Waals surface area (Å²) in [5.74, 6) is 0.0648. The Balaban J connectivity index is 1.67. The van der Waals surface area contributed by atoms with Gasteiger partial charge in [0.2, 0.25) is 0 Å². The molecule has 0 aliphatic heterocycles. The number of hydrogen-bond acceptors (Lipinski definition) is 4. The molecule has 0 atom stereocenters. The molecule has 5 nitrogen and oxygen atoms in total. The van der Waals surface area contributed by atoms with E-state index in [1.807, 2.05) is 10.8 Å². The van der Waals surface area contributed by atoms with Crippen molar-refractivity contribution in [2.75, 3.05) is 18.8 Å². The fourth-order valence-electron chi connectivity index (χ4n) is 1.82. The highest BCUT2D eigenvalue weighted by atomic mass is 16.1. The first-order valence-electron chi connectivity index (χ1n) is 6.31. The molecule has 2 rings (SSSR count). The Hall–Kier alpha value is -2.14. The number of Topliss-reactive ketones (excluding diaryl/α,β-unsaturated/α-hetero) is 1. The van der Waals surface area contributed by atoms with E-state index >= 15 is 0 Å². The van der Waals surface area contributed by atoms with Gasteiger partial charge in [0.1, 0.15) is 0 Å². The lowest BCUT2D eigenvalue weighted by Gasteiger charge is -2.05. The van der Waals surface area contributed by atoms with Crippen LogP contribution in [-0.2, 0) is 6.54 Å². The smallest absolute Gasteiger partial charge is 0.176 e. The third kappa shape index (κ3) is 4.22. The van der Waals surface area contributed by atoms with Crippen molar-refractivity contribution in [3.8, 4) is 0 Å². The maximum absolute atomic E-state index is 11.9. The Morgan fingerprint density at radius 2 is 2.32 bits per heavy atom. The van der Waals surface area contributed by atoms with E-state index in [1.165, 1.54) is 0 Å². The number of rotatable bonds is 7. The van der Waals surface area contributed by atoms with Gasteiger partial charge in [-0.25, -0.2) is 4.98 Å². The molecule has 0 aliphatic carbocycles. The van der Waals surface area contributed by atoms with Gasteiger partial charge in [0.25, 0.3) is 0 Å². The number of aryl methyl sites for hydroxylation is 1. The average Bonchev–Trinajstić information content (AvgIpc) is 2.91. The van der Waals surface area contributed by atoms with Crippen molar-refractivity contribution in [3.63, 3.8) is 0 Å². The molecular formula is C14H18N4O. The second-order valence-electron chi connectivity index (χ2n) is 4.38. The lowest BCUT2D eigenvalue weighted by Crippen LogP contribution is -2.24. The van der Waals surface area contributed by atoms with Gasteiger partial charge in [-0.1, -0.05) is 12.1 Å². The van der Waals surface area contributed by atoms with Crippen molar-refractivity contribution in [1.29, 1.82) is 0 Å². The Labute approximate surface area is 112 Å². The normalized spacial score (nSPS) is 10.5. The summed E-state index contributed by atoms with van der Waals surface area (Å²) < 4.78 is 2.02. The number of hydrogen-bond donors (Lipinski definition) is 2. The molecule has 0 saturated carbocycles. The van der Waals surface area contributed by atoms with Crippen LogP contribution < -0.4 is 11.1 Å². The number of imidazole rings is 1. The van der Waals surface area contributed by atoms with E-state index in [-0.39, 0.29) is 5.78 Å². The number of aromatic nitrogens is 2. The number of ketones is 1. The summed E-state index contributed by atoms with van der Waals surface area (Å²) >= 11 is 0. The van der Waals surface area contributed by atoms with E-state index in [2.05, 4.69) is 10.3 Å². The van der Waals surface area contributed by atoms with Crippen LogP contribution in [0.2, 0.25) is 0 Å². The molecule has 1 aromatic carbocycles. The number of nitrogen functional groups attached to an aromatic ring is 1. The summed E-state index contributed by atoms with van der Waals surface area (Å²) in [6.45, 7) is 2.04. The number of nitrogens with one attached hydrogen (secondary N) is 1. The quantitative estimate of drug-likeness (QED) is 0.446. The zero-order valence-electron chi connectivity index (χ0n) is 10.7. The van der Waals surface area contributed by atoms with Gasteiger partial charge in [0.05, 0.1) is 12.9 Å². The molecular weight excluding hydrogens is 240 g/mol. The van der Waals surface area contributed by atoms with E-state index in [9.17, 15) is 4.79 Å². The molecule has 0 bridgehead atoms. The summed E-state index contributed by atoms with van der Waals surface area (Å²) in [5.41, 5.74) is 6.92. The van der Waals surface area contributed by atoms with Crippen molar-refractivity contribution in [1.82, 2.24) is 14.9 Å². The van der Waals surface area contributed by atoms with Gasteiger partial charge in [-0.15, -0.1) is 0 Å². The molecule has 0 aliphatic rings. The largest absolute Gasteiger partial charge is 0.399 e. The van der Waals surface area contributed by atoms with Gasteiger partial charge in [-0.2, -0.15) is 0 Å². The highest BCUT2D eigenvalue weighted by Gasteiger charge is 2.04. The third-order valence-electron chi connectivity index (χ3n) is 2.82. The highest BCUT2D eigenvalue weighted by Crippen LogP contribution is 2.06. The van der Waals surface area contributed by atoms with Crippen LogP contribution in [0.5, 0.6) is 0 Å². The van der Waals surface area contributed by atoms with Crippen molar-refractivity contribution in [2.45, 2.75) is 13.0 Å². The molecule has 19 heavy (non-hydrogen) atoms. The zero-order chi connectivity index (χ0) is 13.5. The molecule has 0 amide bonds. The van der Waals surface area contributed by atoms with Crippen molar-refractivity contribution in [3.05, 3.63) is 48.5 Å². The zero-order valence-corrected chi connectivity index (χ0v) is 10.7. The van der Waals surface area contributed by atoms with Crippen molar-refractivity contribution < 1.29 is 4.79 Å². The van der Waals surface area contributed by atoms with E-state index in [1.54, 1.807) is 36.8 Å². The van der Waals surface area contributed by atoms with Crippen LogP contribution in [0.15, 0.2) is 43.0 Å². The number of carbonyl (C=O) groups is 1. The fourth-order valence-corrected chi connectivity index (χ4v) is 1.82. The van der Waals surface area contributed by atoms with Gasteiger partial charge >= 0.3 is 0 Å². The molecule has 5 heteroatoms. The summed E-state index contributed by atoms with van der Waals surface area (Å²) in [6, 6.07) is 7.05. The van der Waals surface area contributed by atoms with E-state index in [0.717, 1.165) is 19.5 Å². The third-order valence-corrected chi connectivity index (χ3v) is 2.82. The molecule has 100 valence electrons. The van der Waals surface area contributed by atoms with Crippen LogP contribution >= 0.6 is 0 Å². The summed E-state index contributed by atoms with van der Waals surface area (Å²) in [5, 5.41) is 3.14. The molecule has 1 heterocycles. The number of carbonyl (C=O) groups excluding carboxylic acids is 1. The molecule has 1 aromatic heterocycles. The summed E-state index contributed by atoms with van der Waals surface area (Å²) in [4.78, 5) is 15.8. The molecule has 0 saturated heterocycles. The highest BCUT2D eigenvalue weighted by molar-refractivity contribution is 5.98. The Morgan fingerprint density at radius 1 is 1.42 bits per heavy atom. The molecule has 2 aromatic rings. The molecule has 0 spiro atoms. The monoisotopic (exact) mass is 258 g/mol. The minimum absolute atomic E-state index is 0.0648. The number of anilines is 1. The summed E-state index contributed by atoms with van der Waals surface area (Å²) in [6.07, 6.45) is 6.44. The van der Waals surface area contributed by atoms with E-state index in [4.69, 9.17) is 5.73 Å². The van der Waals surface area contributed by atoms with Crippen LogP contribution in [0.25, 0.3) is 0 Å². The van der Waals surface area contributed by atoms with Gasteiger partial charge in [0.15, 0.2) is 5.78 Å². The van der Waals surface area contributed by atoms with Gasteiger partial charge < -0.3 is 15.6 Å². The molecule has 3 N–H and O–H groups in total. The Bertz CT molecular complexity index is 522. The first-order valence-corrected chi connectivity index (χ1v) is 6.31.